The highest BCUT2D eigenvalue weighted by molar-refractivity contribution is 9.10. The number of benzene rings is 1. The van der Waals surface area contributed by atoms with E-state index >= 15 is 0 Å². The van der Waals surface area contributed by atoms with Gasteiger partial charge in [0.05, 0.1) is 28.8 Å². The molecule has 1 aromatic carbocycles. The van der Waals surface area contributed by atoms with Crippen molar-refractivity contribution < 1.29 is 10.2 Å². The molecule has 0 aliphatic rings. The minimum Gasteiger partial charge on any atom is -0.364 e. The van der Waals surface area contributed by atoms with Crippen LogP contribution in [0.2, 0.25) is 5.02 Å². The summed E-state index contributed by atoms with van der Waals surface area (Å²) in [5.74, 6) is -1.97. The Morgan fingerprint density at radius 2 is 2.17 bits per heavy atom. The van der Waals surface area contributed by atoms with E-state index in [1.165, 1.54) is 19.3 Å². The van der Waals surface area contributed by atoms with Gasteiger partial charge in [-0.05, 0) is 35.0 Å². The zero-order chi connectivity index (χ0) is 13.5. The summed E-state index contributed by atoms with van der Waals surface area (Å²) < 4.78 is 1.78. The Balaban J connectivity index is 2.64. The molecule has 2 aromatic rings. The molecule has 0 fully saturated rings. The lowest BCUT2D eigenvalue weighted by Gasteiger charge is -2.17. The molecule has 2 N–H and O–H groups in total. The standard InChI is InChI=1S/C11H10BrClN2O3/c1-11(17,18)4-15-5-14-9-3-7(12)8(13)2-6(9)10(15)16/h2-3,5,17-18H,4H2,1H3. The molecule has 0 amide bonds. The average molecular weight is 334 g/mol. The number of hydrogen-bond donors (Lipinski definition) is 2. The molecule has 0 radical (unpaired) electrons. The van der Waals surface area contributed by atoms with Crippen LogP contribution in [0.5, 0.6) is 0 Å². The summed E-state index contributed by atoms with van der Waals surface area (Å²) in [7, 11) is 0. The highest BCUT2D eigenvalue weighted by Gasteiger charge is 2.17. The average Bonchev–Trinajstić information content (AvgIpc) is 2.24. The second-order valence-electron chi connectivity index (χ2n) is 4.18. The Labute approximate surface area is 116 Å². The third kappa shape index (κ3) is 2.72. The maximum Gasteiger partial charge on any atom is 0.261 e. The second-order valence-corrected chi connectivity index (χ2v) is 5.44. The summed E-state index contributed by atoms with van der Waals surface area (Å²) in [4.78, 5) is 16.2. The first kappa shape index (κ1) is 13.5. The number of hydrogen-bond acceptors (Lipinski definition) is 4. The van der Waals surface area contributed by atoms with Crippen LogP contribution in [0.3, 0.4) is 0 Å². The summed E-state index contributed by atoms with van der Waals surface area (Å²) in [5.41, 5.74) is 0.119. The Bertz CT molecular complexity index is 664. The topological polar surface area (TPSA) is 75.3 Å². The highest BCUT2D eigenvalue weighted by Crippen LogP contribution is 2.25. The zero-order valence-electron chi connectivity index (χ0n) is 9.39. The molecular formula is C11H10BrClN2O3. The first-order valence-corrected chi connectivity index (χ1v) is 6.24. The third-order valence-electron chi connectivity index (χ3n) is 2.34. The Kier molecular flexibility index (Phi) is 3.46. The quantitative estimate of drug-likeness (QED) is 0.817. The molecule has 0 atom stereocenters. The van der Waals surface area contributed by atoms with E-state index in [9.17, 15) is 15.0 Å². The van der Waals surface area contributed by atoms with Crippen LogP contribution < -0.4 is 5.56 Å². The van der Waals surface area contributed by atoms with Gasteiger partial charge < -0.3 is 10.2 Å². The fourth-order valence-electron chi connectivity index (χ4n) is 1.59. The molecule has 0 saturated carbocycles. The normalized spacial score (nSPS) is 12.1. The van der Waals surface area contributed by atoms with E-state index in [4.69, 9.17) is 11.6 Å². The molecule has 1 aromatic heterocycles. The van der Waals surface area contributed by atoms with Crippen molar-refractivity contribution in [1.82, 2.24) is 9.55 Å². The Morgan fingerprint density at radius 3 is 2.78 bits per heavy atom. The molecule has 0 spiro atoms. The van der Waals surface area contributed by atoms with Gasteiger partial charge in [0.25, 0.3) is 5.56 Å². The van der Waals surface area contributed by atoms with Gasteiger partial charge in [-0.2, -0.15) is 0 Å². The number of fused-ring (bicyclic) bond motifs is 1. The second kappa shape index (κ2) is 4.62. The molecule has 96 valence electrons. The van der Waals surface area contributed by atoms with Crippen LogP contribution in [-0.4, -0.2) is 25.6 Å². The lowest BCUT2D eigenvalue weighted by atomic mass is 10.2. The van der Waals surface area contributed by atoms with Crippen molar-refractivity contribution >= 4 is 38.4 Å². The monoisotopic (exact) mass is 332 g/mol. The van der Waals surface area contributed by atoms with Gasteiger partial charge in [0.1, 0.15) is 0 Å². The van der Waals surface area contributed by atoms with Crippen molar-refractivity contribution in [1.29, 1.82) is 0 Å². The fourth-order valence-corrected chi connectivity index (χ4v) is 2.08. The van der Waals surface area contributed by atoms with Crippen molar-refractivity contribution in [2.45, 2.75) is 19.3 Å². The van der Waals surface area contributed by atoms with Crippen LogP contribution in [-0.2, 0) is 6.54 Å². The third-order valence-corrected chi connectivity index (χ3v) is 3.53. The lowest BCUT2D eigenvalue weighted by Crippen LogP contribution is -2.35. The molecule has 0 unspecified atom stereocenters. The molecular weight excluding hydrogens is 323 g/mol. The van der Waals surface area contributed by atoms with Crippen LogP contribution in [0, 0.1) is 0 Å². The zero-order valence-corrected chi connectivity index (χ0v) is 11.7. The molecule has 5 nitrogen and oxygen atoms in total. The smallest absolute Gasteiger partial charge is 0.261 e. The molecule has 2 rings (SSSR count). The first-order chi connectivity index (χ1) is 8.28. The van der Waals surface area contributed by atoms with Gasteiger partial charge >= 0.3 is 0 Å². The van der Waals surface area contributed by atoms with Gasteiger partial charge in [-0.3, -0.25) is 9.36 Å². The summed E-state index contributed by atoms with van der Waals surface area (Å²) in [6.07, 6.45) is 1.27. The summed E-state index contributed by atoms with van der Waals surface area (Å²) in [6, 6.07) is 3.14. The van der Waals surface area contributed by atoms with Crippen LogP contribution >= 0.6 is 27.5 Å². The maximum absolute atomic E-state index is 12.1. The molecule has 0 bridgehead atoms. The number of halogens is 2. The number of rotatable bonds is 2. The van der Waals surface area contributed by atoms with Gasteiger partial charge in [-0.1, -0.05) is 11.6 Å². The van der Waals surface area contributed by atoms with Crippen molar-refractivity contribution in [2.75, 3.05) is 0 Å². The molecule has 0 aliphatic heterocycles. The van der Waals surface area contributed by atoms with Gasteiger partial charge in [0.15, 0.2) is 5.79 Å². The van der Waals surface area contributed by atoms with Gasteiger partial charge in [-0.15, -0.1) is 0 Å². The van der Waals surface area contributed by atoms with Crippen molar-refractivity contribution in [3.8, 4) is 0 Å². The van der Waals surface area contributed by atoms with Crippen molar-refractivity contribution in [2.24, 2.45) is 0 Å². The maximum atomic E-state index is 12.1. The predicted molar refractivity (Wildman–Crippen MR) is 71.6 cm³/mol. The largest absolute Gasteiger partial charge is 0.364 e. The van der Waals surface area contributed by atoms with Crippen LogP contribution in [0.15, 0.2) is 27.7 Å². The van der Waals surface area contributed by atoms with Crippen molar-refractivity contribution in [3.05, 3.63) is 38.3 Å². The molecule has 0 saturated heterocycles. The van der Waals surface area contributed by atoms with E-state index < -0.39 is 5.79 Å². The van der Waals surface area contributed by atoms with E-state index in [2.05, 4.69) is 20.9 Å². The van der Waals surface area contributed by atoms with Gasteiger partial charge in [0.2, 0.25) is 0 Å². The van der Waals surface area contributed by atoms with Crippen molar-refractivity contribution in [3.63, 3.8) is 0 Å². The van der Waals surface area contributed by atoms with E-state index in [0.29, 0.717) is 20.4 Å². The molecule has 1 heterocycles. The summed E-state index contributed by atoms with van der Waals surface area (Å²) >= 11 is 9.17. The van der Waals surface area contributed by atoms with E-state index in [1.54, 1.807) is 6.07 Å². The number of aromatic nitrogens is 2. The van der Waals surface area contributed by atoms with Gasteiger partial charge in [0, 0.05) is 4.47 Å². The SMILES string of the molecule is CC(O)(O)Cn1cnc2cc(Br)c(Cl)cc2c1=O. The van der Waals surface area contributed by atoms with E-state index in [-0.39, 0.29) is 12.1 Å². The molecule has 7 heteroatoms. The van der Waals surface area contributed by atoms with Gasteiger partial charge in [-0.25, -0.2) is 4.98 Å². The minimum absolute atomic E-state index is 0.261. The first-order valence-electron chi connectivity index (χ1n) is 5.07. The highest BCUT2D eigenvalue weighted by atomic mass is 79.9. The summed E-state index contributed by atoms with van der Waals surface area (Å²) in [5, 5.41) is 19.3. The number of nitrogens with zero attached hydrogens (tertiary/aromatic N) is 2. The fraction of sp³-hybridized carbons (Fsp3) is 0.273. The summed E-state index contributed by atoms with van der Waals surface area (Å²) in [6.45, 7) is 0.931. The van der Waals surface area contributed by atoms with Crippen LogP contribution in [0.4, 0.5) is 0 Å². The number of aliphatic hydroxyl groups is 2. The van der Waals surface area contributed by atoms with E-state index in [1.807, 2.05) is 0 Å². The predicted octanol–water partition coefficient (Wildman–Crippen LogP) is 1.51. The van der Waals surface area contributed by atoms with Crippen LogP contribution in [0.1, 0.15) is 6.92 Å². The Hall–Kier alpha value is -0.950. The molecule has 0 aliphatic carbocycles. The lowest BCUT2D eigenvalue weighted by molar-refractivity contribution is -0.155. The Morgan fingerprint density at radius 1 is 1.50 bits per heavy atom. The minimum atomic E-state index is -1.97. The van der Waals surface area contributed by atoms with Crippen LogP contribution in [0.25, 0.3) is 10.9 Å². The molecule has 18 heavy (non-hydrogen) atoms. The van der Waals surface area contributed by atoms with E-state index in [0.717, 1.165) is 4.57 Å².